The van der Waals surface area contributed by atoms with Crippen LogP contribution in [0.1, 0.15) is 45.1 Å². The summed E-state index contributed by atoms with van der Waals surface area (Å²) >= 11 is 0. The summed E-state index contributed by atoms with van der Waals surface area (Å²) in [6.07, 6.45) is 7.54. The van der Waals surface area contributed by atoms with Crippen LogP contribution in [0.25, 0.3) is 0 Å². The molecule has 8 atom stereocenters. The zero-order valence-electron chi connectivity index (χ0n) is 20.8. The summed E-state index contributed by atoms with van der Waals surface area (Å²) in [5.41, 5.74) is -0.236. The zero-order chi connectivity index (χ0) is 25.5. The van der Waals surface area contributed by atoms with Gasteiger partial charge in [0.15, 0.2) is 17.2 Å². The van der Waals surface area contributed by atoms with Crippen molar-refractivity contribution in [1.29, 1.82) is 0 Å². The molecule has 6 nitrogen and oxygen atoms in total. The number of hydrogen-bond donors (Lipinski definition) is 2. The monoisotopic (exact) mass is 495 g/mol. The van der Waals surface area contributed by atoms with E-state index in [2.05, 4.69) is 13.8 Å². The molecule has 1 aliphatic heterocycles. The van der Waals surface area contributed by atoms with Crippen molar-refractivity contribution in [2.45, 2.75) is 57.8 Å². The molecule has 2 unspecified atom stereocenters. The highest BCUT2D eigenvalue weighted by Crippen LogP contribution is 2.70. The van der Waals surface area contributed by atoms with Gasteiger partial charge in [0.25, 0.3) is 0 Å². The third-order valence-electron chi connectivity index (χ3n) is 10.4. The van der Waals surface area contributed by atoms with Crippen LogP contribution in [-0.4, -0.2) is 51.7 Å². The summed E-state index contributed by atoms with van der Waals surface area (Å²) in [6.45, 7) is 4.55. The summed E-state index contributed by atoms with van der Waals surface area (Å²) in [7, 11) is 0. The third kappa shape index (κ3) is 3.16. The van der Waals surface area contributed by atoms with Crippen molar-refractivity contribution in [2.75, 3.05) is 13.2 Å². The number of carbonyl (C=O) groups excluding carboxylic acids is 2. The Morgan fingerprint density at radius 3 is 2.72 bits per heavy atom. The van der Waals surface area contributed by atoms with Gasteiger partial charge in [-0.2, -0.15) is 5.06 Å². The number of nitrogens with zero attached hydrogens (tertiary/aromatic N) is 1. The largest absolute Gasteiger partial charge is 0.393 e. The molecule has 1 saturated heterocycles. The first-order chi connectivity index (χ1) is 17.1. The number of Topliss-reactive ketones (excluding diaryl/α,β-unsaturated/α-hetero) is 1. The summed E-state index contributed by atoms with van der Waals surface area (Å²) in [4.78, 5) is 32.1. The van der Waals surface area contributed by atoms with Gasteiger partial charge in [-0.05, 0) is 67.4 Å². The van der Waals surface area contributed by atoms with Gasteiger partial charge in [-0.3, -0.25) is 14.4 Å². The van der Waals surface area contributed by atoms with Crippen LogP contribution in [-0.2, 0) is 21.0 Å². The van der Waals surface area contributed by atoms with Crippen LogP contribution in [0.2, 0.25) is 0 Å². The topological polar surface area (TPSA) is 87.1 Å². The number of carbonyl (C=O) groups is 2. The Labute approximate surface area is 210 Å². The SMILES string of the molecule is C[C@]12C=CC(=O)C=C1CC[C@@H]1C2[C@@H](O)C[C@@]2(C)C1C[C@H]1CN(Cc3ccc(F)cc3)O[C@]12C(=O)CO. The number of aliphatic hydroxyl groups is 2. The van der Waals surface area contributed by atoms with E-state index in [-0.39, 0.29) is 46.5 Å². The molecule has 1 aromatic carbocycles. The van der Waals surface area contributed by atoms with Crippen molar-refractivity contribution < 1.29 is 29.0 Å². The number of halogens is 1. The average Bonchev–Trinajstić information content (AvgIpc) is 3.32. The fourth-order valence-corrected chi connectivity index (χ4v) is 8.95. The Morgan fingerprint density at radius 1 is 1.25 bits per heavy atom. The van der Waals surface area contributed by atoms with E-state index in [4.69, 9.17) is 4.84 Å². The van der Waals surface area contributed by atoms with E-state index in [1.807, 2.05) is 6.08 Å². The molecule has 2 N–H and O–H groups in total. The smallest absolute Gasteiger partial charge is 0.192 e. The maximum absolute atomic E-state index is 13.5. The maximum atomic E-state index is 13.5. The standard InChI is InChI=1S/C29H34FNO5/c1-27-10-9-21(33)11-18(27)5-8-22-23-12-19-15-31(14-17-3-6-20(30)7-4-17)36-29(19,25(35)16-32)28(23,2)13-24(34)26(22)27/h3-4,6-7,9-11,19,22-24,26,32,34H,5,8,12-16H2,1-2H3/t19-,22-,23?,24-,26?,27-,28-,29-/m0/s1. The second-order valence-corrected chi connectivity index (χ2v) is 12.0. The number of aliphatic hydroxyl groups excluding tert-OH is 2. The van der Waals surface area contributed by atoms with Gasteiger partial charge in [-0.1, -0.05) is 37.6 Å². The Morgan fingerprint density at radius 2 is 2.00 bits per heavy atom. The lowest BCUT2D eigenvalue weighted by molar-refractivity contribution is -0.254. The van der Waals surface area contributed by atoms with Crippen LogP contribution >= 0.6 is 0 Å². The molecule has 0 spiro atoms. The number of rotatable bonds is 4. The zero-order valence-corrected chi connectivity index (χ0v) is 20.8. The molecule has 6 rings (SSSR count). The fraction of sp³-hybridized carbons (Fsp3) is 0.586. The first-order valence-electron chi connectivity index (χ1n) is 13.1. The van der Waals surface area contributed by atoms with E-state index in [0.29, 0.717) is 19.5 Å². The maximum Gasteiger partial charge on any atom is 0.192 e. The lowest BCUT2D eigenvalue weighted by Gasteiger charge is -2.59. The Hall–Kier alpha value is -2.19. The van der Waals surface area contributed by atoms with Gasteiger partial charge < -0.3 is 10.2 Å². The summed E-state index contributed by atoms with van der Waals surface area (Å²) in [5.74, 6) is -0.417. The summed E-state index contributed by atoms with van der Waals surface area (Å²) in [5, 5.41) is 23.5. The van der Waals surface area contributed by atoms with Crippen LogP contribution in [0.3, 0.4) is 0 Å². The van der Waals surface area contributed by atoms with Gasteiger partial charge in [0.2, 0.25) is 0 Å². The molecule has 0 radical (unpaired) electrons. The van der Waals surface area contributed by atoms with Crippen LogP contribution in [0.15, 0.2) is 48.1 Å². The molecule has 7 heteroatoms. The highest BCUT2D eigenvalue weighted by Gasteiger charge is 2.75. The number of allylic oxidation sites excluding steroid dienone is 4. The molecule has 3 saturated carbocycles. The lowest BCUT2D eigenvalue weighted by atomic mass is 9.46. The number of ketones is 2. The number of hydroxylamine groups is 2. The molecule has 0 amide bonds. The van der Waals surface area contributed by atoms with Gasteiger partial charge >= 0.3 is 0 Å². The van der Waals surface area contributed by atoms with Gasteiger partial charge in [0.1, 0.15) is 12.4 Å². The van der Waals surface area contributed by atoms with Crippen molar-refractivity contribution >= 4 is 11.6 Å². The van der Waals surface area contributed by atoms with Crippen molar-refractivity contribution in [2.24, 2.45) is 34.5 Å². The molecule has 1 aromatic rings. The predicted molar refractivity (Wildman–Crippen MR) is 130 cm³/mol. The third-order valence-corrected chi connectivity index (χ3v) is 10.4. The van der Waals surface area contributed by atoms with Crippen LogP contribution < -0.4 is 0 Å². The Balaban J connectivity index is 1.34. The van der Waals surface area contributed by atoms with Gasteiger partial charge in [0, 0.05) is 35.8 Å². The molecular formula is C29H34FNO5. The minimum Gasteiger partial charge on any atom is -0.393 e. The fourth-order valence-electron chi connectivity index (χ4n) is 8.95. The van der Waals surface area contributed by atoms with Gasteiger partial charge in [-0.25, -0.2) is 4.39 Å². The normalized spacial score (nSPS) is 43.4. The Kier molecular flexibility index (Phi) is 5.47. The second kappa shape index (κ2) is 8.15. The minimum atomic E-state index is -1.20. The van der Waals surface area contributed by atoms with Crippen molar-refractivity contribution in [3.63, 3.8) is 0 Å². The van der Waals surface area contributed by atoms with Crippen molar-refractivity contribution in [1.82, 2.24) is 5.06 Å². The highest BCUT2D eigenvalue weighted by molar-refractivity contribution is 6.01. The van der Waals surface area contributed by atoms with Gasteiger partial charge in [0.05, 0.1) is 6.10 Å². The van der Waals surface area contributed by atoms with Gasteiger partial charge in [-0.15, -0.1) is 0 Å². The molecule has 0 bridgehead atoms. The molecular weight excluding hydrogens is 461 g/mol. The van der Waals surface area contributed by atoms with Crippen LogP contribution in [0, 0.1) is 40.3 Å². The molecule has 0 aromatic heterocycles. The van der Waals surface area contributed by atoms with Crippen molar-refractivity contribution in [3.8, 4) is 0 Å². The second-order valence-electron chi connectivity index (χ2n) is 12.0. The van der Waals surface area contributed by atoms with E-state index in [9.17, 15) is 24.2 Å². The molecule has 36 heavy (non-hydrogen) atoms. The molecule has 1 heterocycles. The van der Waals surface area contributed by atoms with E-state index >= 15 is 0 Å². The lowest BCUT2D eigenvalue weighted by Crippen LogP contribution is -2.63. The highest BCUT2D eigenvalue weighted by atomic mass is 19.1. The first kappa shape index (κ1) is 24.2. The quantitative estimate of drug-likeness (QED) is 0.666. The van der Waals surface area contributed by atoms with E-state index in [1.54, 1.807) is 29.3 Å². The van der Waals surface area contributed by atoms with Crippen LogP contribution in [0.4, 0.5) is 4.39 Å². The van der Waals surface area contributed by atoms with E-state index < -0.39 is 23.7 Å². The van der Waals surface area contributed by atoms with Crippen molar-refractivity contribution in [3.05, 3.63) is 59.4 Å². The predicted octanol–water partition coefficient (Wildman–Crippen LogP) is 3.38. The van der Waals surface area contributed by atoms with E-state index in [1.165, 1.54) is 12.1 Å². The molecule has 192 valence electrons. The summed E-state index contributed by atoms with van der Waals surface area (Å²) < 4.78 is 13.4. The number of fused-ring (bicyclic) bond motifs is 7. The Bertz CT molecular complexity index is 1160. The van der Waals surface area contributed by atoms with Crippen LogP contribution in [0.5, 0.6) is 0 Å². The number of hydrogen-bond acceptors (Lipinski definition) is 6. The number of benzene rings is 1. The summed E-state index contributed by atoms with van der Waals surface area (Å²) in [6, 6.07) is 6.25. The molecule has 5 aliphatic rings. The average molecular weight is 496 g/mol. The first-order valence-corrected chi connectivity index (χ1v) is 13.1. The van der Waals surface area contributed by atoms with E-state index in [0.717, 1.165) is 30.4 Å². The minimum absolute atomic E-state index is 0.00797. The molecule has 4 aliphatic carbocycles. The molecule has 4 fully saturated rings.